The molecule has 0 spiro atoms. The van der Waals surface area contributed by atoms with Crippen molar-refractivity contribution >= 4 is 28.9 Å². The number of hydrogen-bond donors (Lipinski definition) is 4. The van der Waals surface area contributed by atoms with Gasteiger partial charge in [-0.15, -0.1) is 0 Å². The number of nitro groups is 1. The Hall–Kier alpha value is -4.00. The molecule has 3 unspecified atom stereocenters. The summed E-state index contributed by atoms with van der Waals surface area (Å²) in [5, 5.41) is 49.6. The molecule has 2 saturated carbocycles. The molecular weight excluding hydrogens is 606 g/mol. The summed E-state index contributed by atoms with van der Waals surface area (Å²) in [4.78, 5) is 69.1. The molecule has 2 aromatic carbocycles. The van der Waals surface area contributed by atoms with Gasteiger partial charge in [0.15, 0.2) is 23.0 Å². The second-order valence-electron chi connectivity index (χ2n) is 15.5. The highest BCUT2D eigenvalue weighted by molar-refractivity contribution is 6.26. The van der Waals surface area contributed by atoms with Crippen LogP contribution in [0.2, 0.25) is 0 Å². The number of hydrogen-bond acceptors (Lipinski definition) is 10. The molecule has 0 bridgehead atoms. The number of ketones is 3. The smallest absolute Gasteiger partial charge is 0.270 e. The summed E-state index contributed by atoms with van der Waals surface area (Å²) in [5.74, 6) is -9.28. The monoisotopic (exact) mass is 649 g/mol. The number of carbonyl (C=O) groups is 4. The molecule has 3 aliphatic rings. The zero-order chi connectivity index (χ0) is 35.1. The molecule has 0 aromatic heterocycles. The molecule has 2 fully saturated rings. The third kappa shape index (κ3) is 5.45. The van der Waals surface area contributed by atoms with Gasteiger partial charge >= 0.3 is 0 Å². The van der Waals surface area contributed by atoms with E-state index < -0.39 is 80.6 Å². The van der Waals surface area contributed by atoms with Crippen LogP contribution in [-0.4, -0.2) is 85.8 Å². The molecule has 2 aromatic rings. The molecule has 12 nitrogen and oxygen atoms in total. The van der Waals surface area contributed by atoms with Crippen LogP contribution in [0.15, 0.2) is 30.3 Å². The number of Topliss-reactive ketones (excluding diaryl/α,β-unsaturated/α-hetero) is 3. The van der Waals surface area contributed by atoms with Crippen LogP contribution in [0.5, 0.6) is 5.75 Å². The van der Waals surface area contributed by atoms with E-state index in [1.165, 1.54) is 18.2 Å². The maximum Gasteiger partial charge on any atom is 0.270 e. The average molecular weight is 650 g/mol. The zero-order valence-electron chi connectivity index (χ0n) is 28.0. The molecule has 3 aliphatic carbocycles. The largest absolute Gasteiger partial charge is 0.507 e. The predicted octanol–water partition coefficient (Wildman–Crippen LogP) is 2.96. The van der Waals surface area contributed by atoms with Gasteiger partial charge < -0.3 is 25.5 Å². The van der Waals surface area contributed by atoms with Crippen molar-refractivity contribution in [2.45, 2.75) is 83.1 Å². The van der Waals surface area contributed by atoms with E-state index in [0.29, 0.717) is 22.3 Å². The summed E-state index contributed by atoms with van der Waals surface area (Å²) in [5.41, 5.74) is -2.76. The fourth-order valence-corrected chi connectivity index (χ4v) is 7.93. The molecule has 5 rings (SSSR count). The first-order valence-corrected chi connectivity index (χ1v) is 15.8. The Morgan fingerprint density at radius 3 is 2.26 bits per heavy atom. The highest BCUT2D eigenvalue weighted by atomic mass is 16.6. The van der Waals surface area contributed by atoms with Crippen LogP contribution in [0.3, 0.4) is 0 Å². The van der Waals surface area contributed by atoms with Crippen LogP contribution in [0, 0.1) is 33.8 Å². The van der Waals surface area contributed by atoms with E-state index in [-0.39, 0.29) is 29.8 Å². The summed E-state index contributed by atoms with van der Waals surface area (Å²) in [6, 6.07) is 6.67. The van der Waals surface area contributed by atoms with E-state index >= 15 is 0 Å². The average Bonchev–Trinajstić information content (AvgIpc) is 2.93. The molecule has 7 atom stereocenters. The Kier molecular flexibility index (Phi) is 8.26. The van der Waals surface area contributed by atoms with E-state index in [1.54, 1.807) is 51.9 Å². The molecule has 0 saturated heterocycles. The number of aliphatic hydroxyl groups excluding tert-OH is 1. The minimum Gasteiger partial charge on any atom is -0.507 e. The number of fused-ring (bicyclic) bond motifs is 3. The Balaban J connectivity index is 1.69. The first-order valence-electron chi connectivity index (χ1n) is 15.8. The van der Waals surface area contributed by atoms with Crippen molar-refractivity contribution in [1.29, 1.82) is 0 Å². The molecule has 12 heteroatoms. The Morgan fingerprint density at radius 1 is 1.06 bits per heavy atom. The Bertz CT molecular complexity index is 1700. The number of benzene rings is 2. The Morgan fingerprint density at radius 2 is 1.70 bits per heavy atom. The summed E-state index contributed by atoms with van der Waals surface area (Å²) in [7, 11) is 3.24. The van der Waals surface area contributed by atoms with Gasteiger partial charge in [0, 0.05) is 35.2 Å². The second kappa shape index (κ2) is 11.3. The van der Waals surface area contributed by atoms with Crippen molar-refractivity contribution in [1.82, 2.24) is 10.2 Å². The molecule has 4 N–H and O–H groups in total. The van der Waals surface area contributed by atoms with Gasteiger partial charge in [-0.1, -0.05) is 32.9 Å². The van der Waals surface area contributed by atoms with Gasteiger partial charge in [0.2, 0.25) is 5.91 Å². The number of likely N-dealkylation sites (N-methyl/N-ethyl adjacent to an activating group) is 1. The van der Waals surface area contributed by atoms with Crippen molar-refractivity contribution in [3.8, 4) is 16.9 Å². The highest BCUT2D eigenvalue weighted by Gasteiger charge is 2.69. The van der Waals surface area contributed by atoms with Gasteiger partial charge in [-0.25, -0.2) is 0 Å². The first kappa shape index (κ1) is 34.3. The predicted molar refractivity (Wildman–Crippen MR) is 172 cm³/mol. The molecule has 0 aliphatic heterocycles. The summed E-state index contributed by atoms with van der Waals surface area (Å²) >= 11 is 0. The van der Waals surface area contributed by atoms with Crippen LogP contribution in [0.4, 0.5) is 5.69 Å². The van der Waals surface area contributed by atoms with Gasteiger partial charge in [0.25, 0.3) is 5.69 Å². The summed E-state index contributed by atoms with van der Waals surface area (Å²) in [6.45, 7) is 10.6. The van der Waals surface area contributed by atoms with Gasteiger partial charge in [-0.05, 0) is 81.8 Å². The lowest BCUT2D eigenvalue weighted by molar-refractivity contribution is -0.384. The fraction of sp³-hybridized carbons (Fsp3) is 0.543. The van der Waals surface area contributed by atoms with Crippen molar-refractivity contribution in [2.75, 3.05) is 14.1 Å². The number of carbonyl (C=O) groups excluding carboxylic acids is 4. The summed E-state index contributed by atoms with van der Waals surface area (Å²) in [6.07, 6.45) is -1.49. The van der Waals surface area contributed by atoms with Crippen molar-refractivity contribution < 1.29 is 39.4 Å². The van der Waals surface area contributed by atoms with Crippen LogP contribution in [0.25, 0.3) is 11.1 Å². The lowest BCUT2D eigenvalue weighted by Crippen LogP contribution is -2.75. The van der Waals surface area contributed by atoms with E-state index in [1.807, 2.05) is 20.8 Å². The lowest BCUT2D eigenvalue weighted by atomic mass is 9.51. The third-order valence-corrected chi connectivity index (χ3v) is 9.94. The molecule has 252 valence electrons. The number of rotatable bonds is 4. The zero-order valence-corrected chi connectivity index (χ0v) is 28.0. The van der Waals surface area contributed by atoms with Crippen molar-refractivity contribution in [2.24, 2.45) is 23.7 Å². The minimum absolute atomic E-state index is 0.0203. The molecular formula is C35H43N3O9. The number of aromatic hydroxyl groups is 1. The number of nitro benzene ring substituents is 1. The van der Waals surface area contributed by atoms with Gasteiger partial charge in [-0.3, -0.25) is 29.3 Å². The quantitative estimate of drug-likeness (QED) is 0.218. The van der Waals surface area contributed by atoms with E-state index in [4.69, 9.17) is 0 Å². The van der Waals surface area contributed by atoms with Gasteiger partial charge in [0.1, 0.15) is 11.7 Å². The number of aliphatic hydroxyl groups is 2. The molecule has 1 amide bonds. The topological polar surface area (TPSA) is 187 Å². The Labute approximate surface area is 273 Å². The normalized spacial score (nSPS) is 29.2. The number of nitrogens with zero attached hydrogens (tertiary/aromatic N) is 2. The first-order chi connectivity index (χ1) is 21.6. The molecule has 0 heterocycles. The fourth-order valence-electron chi connectivity index (χ4n) is 7.93. The van der Waals surface area contributed by atoms with Crippen molar-refractivity contribution in [3.05, 3.63) is 57.1 Å². The minimum atomic E-state index is -2.75. The summed E-state index contributed by atoms with van der Waals surface area (Å²) < 4.78 is 0. The van der Waals surface area contributed by atoms with Gasteiger partial charge in [0.05, 0.1) is 22.5 Å². The second-order valence-corrected chi connectivity index (χ2v) is 15.5. The highest BCUT2D eigenvalue weighted by Crippen LogP contribution is 2.53. The SMILES string of the molecule is CN(C)[C@H]1C(O)C(C(=O)NC(C)(C)C)C(=O)[C@]2(O)C(=O)C3C(=O)c4c(O)c(C(C)(C)C)cc(-c5cccc([N+](=O)[O-])c5)c4C[C@@H]3C[C@H]12. The maximum absolute atomic E-state index is 14.5. The number of phenols is 1. The number of amides is 1. The number of non-ortho nitro benzene ring substituents is 1. The number of phenolic OH excluding ortho intramolecular Hbond substituents is 1. The van der Waals surface area contributed by atoms with Crippen LogP contribution in [-0.2, 0) is 26.2 Å². The molecule has 0 radical (unpaired) electrons. The van der Waals surface area contributed by atoms with Crippen LogP contribution in [0.1, 0.15) is 69.4 Å². The number of nitrogens with one attached hydrogen (secondary N) is 1. The maximum atomic E-state index is 14.5. The van der Waals surface area contributed by atoms with Crippen LogP contribution < -0.4 is 5.32 Å². The van der Waals surface area contributed by atoms with Crippen LogP contribution >= 0.6 is 0 Å². The van der Waals surface area contributed by atoms with E-state index in [9.17, 15) is 44.6 Å². The lowest BCUT2D eigenvalue weighted by Gasteiger charge is -2.55. The van der Waals surface area contributed by atoms with Gasteiger partial charge in [-0.2, -0.15) is 0 Å². The van der Waals surface area contributed by atoms with E-state index in [0.717, 1.165) is 0 Å². The van der Waals surface area contributed by atoms with Crippen molar-refractivity contribution in [3.63, 3.8) is 0 Å². The third-order valence-electron chi connectivity index (χ3n) is 9.94. The molecule has 47 heavy (non-hydrogen) atoms. The van der Waals surface area contributed by atoms with E-state index in [2.05, 4.69) is 5.32 Å². The standard InChI is InChI=1S/C35H43N3O9/c1-33(2,3)22-15-19(16-10-9-11-18(12-16)38(46)47)20-13-17-14-21-26(37(7)8)29(41)25(32(44)36-34(4,5)6)31(43)35(21,45)30(42)23(17)28(40)24(20)27(22)39/h9-12,15,17,21,23,25-26,29,39,41,45H,13-14H2,1-8H3,(H,36,44)/t17-,21-,23?,25?,26-,29?,35-/m1/s1.